The Morgan fingerprint density at radius 3 is 3.00 bits per heavy atom. The summed E-state index contributed by atoms with van der Waals surface area (Å²) in [7, 11) is 0. The van der Waals surface area contributed by atoms with E-state index in [0.29, 0.717) is 11.3 Å². The van der Waals surface area contributed by atoms with E-state index in [-0.39, 0.29) is 0 Å². The zero-order valence-electron chi connectivity index (χ0n) is 7.72. The first-order chi connectivity index (χ1) is 6.84. The molecule has 14 heavy (non-hydrogen) atoms. The average Bonchev–Trinajstić information content (AvgIpc) is 2.88. The van der Waals surface area contributed by atoms with Crippen molar-refractivity contribution in [2.24, 2.45) is 5.92 Å². The van der Waals surface area contributed by atoms with Crippen LogP contribution < -0.4 is 5.73 Å². The summed E-state index contributed by atoms with van der Waals surface area (Å²) < 4.78 is 2.06. The van der Waals surface area contributed by atoms with E-state index in [0.717, 1.165) is 18.1 Å². The molecule has 5 nitrogen and oxygen atoms in total. The van der Waals surface area contributed by atoms with E-state index in [9.17, 15) is 0 Å². The molecule has 0 radical (unpaired) electrons. The van der Waals surface area contributed by atoms with E-state index in [4.69, 9.17) is 5.73 Å². The molecule has 72 valence electrons. The van der Waals surface area contributed by atoms with Gasteiger partial charge in [-0.2, -0.15) is 0 Å². The first kappa shape index (κ1) is 7.73. The highest BCUT2D eigenvalue weighted by molar-refractivity contribution is 5.81. The zero-order valence-corrected chi connectivity index (χ0v) is 7.72. The van der Waals surface area contributed by atoms with Gasteiger partial charge in [0.25, 0.3) is 0 Å². The molecule has 5 heteroatoms. The molecular formula is C9H11N5. The highest BCUT2D eigenvalue weighted by Crippen LogP contribution is 2.31. The molecule has 2 aromatic heterocycles. The lowest BCUT2D eigenvalue weighted by molar-refractivity contribution is 0.638. The largest absolute Gasteiger partial charge is 0.382 e. The van der Waals surface area contributed by atoms with Crippen molar-refractivity contribution in [1.29, 1.82) is 0 Å². The summed E-state index contributed by atoms with van der Waals surface area (Å²) in [6.07, 6.45) is 5.93. The maximum absolute atomic E-state index is 5.69. The van der Waals surface area contributed by atoms with Gasteiger partial charge in [0.15, 0.2) is 11.5 Å². The normalized spacial score (nSPS) is 16.3. The molecule has 2 heterocycles. The van der Waals surface area contributed by atoms with Gasteiger partial charge in [-0.25, -0.2) is 15.0 Å². The summed E-state index contributed by atoms with van der Waals surface area (Å²) in [6, 6.07) is 0. The standard InChI is InChI=1S/C9H11N5/c10-8-7-9(12-4-11-8)14(5-13-7)3-6-1-2-6/h4-6H,1-3H2,(H2,10,11,12). The van der Waals surface area contributed by atoms with Gasteiger partial charge in [0.1, 0.15) is 11.8 Å². The maximum Gasteiger partial charge on any atom is 0.165 e. The summed E-state index contributed by atoms with van der Waals surface area (Å²) >= 11 is 0. The fraction of sp³-hybridized carbons (Fsp3) is 0.444. The molecule has 2 aromatic rings. The predicted octanol–water partition coefficient (Wildman–Crippen LogP) is 0.818. The monoisotopic (exact) mass is 189 g/mol. The molecule has 0 bridgehead atoms. The summed E-state index contributed by atoms with van der Waals surface area (Å²) in [5.41, 5.74) is 7.26. The topological polar surface area (TPSA) is 69.6 Å². The van der Waals surface area contributed by atoms with Crippen molar-refractivity contribution < 1.29 is 0 Å². The first-order valence-corrected chi connectivity index (χ1v) is 4.76. The molecule has 0 spiro atoms. The van der Waals surface area contributed by atoms with Gasteiger partial charge in [0.05, 0.1) is 6.33 Å². The van der Waals surface area contributed by atoms with Crippen LogP contribution in [0.1, 0.15) is 12.8 Å². The summed E-state index contributed by atoms with van der Waals surface area (Å²) in [5.74, 6) is 1.27. The lowest BCUT2D eigenvalue weighted by atomic mass is 10.4. The quantitative estimate of drug-likeness (QED) is 0.759. The third-order valence-electron chi connectivity index (χ3n) is 2.58. The molecule has 0 atom stereocenters. The molecule has 1 saturated carbocycles. The third kappa shape index (κ3) is 1.13. The van der Waals surface area contributed by atoms with Gasteiger partial charge in [-0.15, -0.1) is 0 Å². The number of nitrogens with two attached hydrogens (primary N) is 1. The highest BCUT2D eigenvalue weighted by atomic mass is 15.1. The second-order valence-corrected chi connectivity index (χ2v) is 3.77. The van der Waals surface area contributed by atoms with Crippen LogP contribution in [-0.4, -0.2) is 19.5 Å². The molecular weight excluding hydrogens is 178 g/mol. The molecule has 1 aliphatic carbocycles. The number of aromatic nitrogens is 4. The molecule has 0 saturated heterocycles. The van der Waals surface area contributed by atoms with Gasteiger partial charge in [-0.3, -0.25) is 0 Å². The molecule has 3 rings (SSSR count). The van der Waals surface area contributed by atoms with Crippen molar-refractivity contribution in [3.8, 4) is 0 Å². The summed E-state index contributed by atoms with van der Waals surface area (Å²) in [5, 5.41) is 0. The Labute approximate surface area is 81.0 Å². The van der Waals surface area contributed by atoms with E-state index in [2.05, 4.69) is 19.5 Å². The van der Waals surface area contributed by atoms with Crippen LogP contribution in [0.2, 0.25) is 0 Å². The van der Waals surface area contributed by atoms with E-state index < -0.39 is 0 Å². The van der Waals surface area contributed by atoms with Crippen molar-refractivity contribution in [3.05, 3.63) is 12.7 Å². The molecule has 1 fully saturated rings. The van der Waals surface area contributed by atoms with Crippen molar-refractivity contribution >= 4 is 17.0 Å². The van der Waals surface area contributed by atoms with Gasteiger partial charge < -0.3 is 10.3 Å². The number of nitrogen functional groups attached to an aromatic ring is 1. The minimum absolute atomic E-state index is 0.463. The lowest BCUT2D eigenvalue weighted by Crippen LogP contribution is -2.00. The van der Waals surface area contributed by atoms with Gasteiger partial charge in [0.2, 0.25) is 0 Å². The van der Waals surface area contributed by atoms with Crippen LogP contribution in [0.3, 0.4) is 0 Å². The van der Waals surface area contributed by atoms with Crippen molar-refractivity contribution in [2.75, 3.05) is 5.73 Å². The van der Waals surface area contributed by atoms with Gasteiger partial charge in [0, 0.05) is 6.54 Å². The molecule has 0 amide bonds. The Bertz CT molecular complexity index is 471. The van der Waals surface area contributed by atoms with Gasteiger partial charge >= 0.3 is 0 Å². The van der Waals surface area contributed by atoms with Crippen LogP contribution in [0.4, 0.5) is 5.82 Å². The van der Waals surface area contributed by atoms with Crippen LogP contribution in [0.25, 0.3) is 11.2 Å². The Morgan fingerprint density at radius 2 is 2.21 bits per heavy atom. The van der Waals surface area contributed by atoms with E-state index >= 15 is 0 Å². The molecule has 2 N–H and O–H groups in total. The summed E-state index contributed by atoms with van der Waals surface area (Å²) in [4.78, 5) is 12.3. The van der Waals surface area contributed by atoms with Crippen molar-refractivity contribution in [2.45, 2.75) is 19.4 Å². The maximum atomic E-state index is 5.69. The van der Waals surface area contributed by atoms with Crippen LogP contribution in [0, 0.1) is 5.92 Å². The van der Waals surface area contributed by atoms with E-state index in [1.165, 1.54) is 19.2 Å². The molecule has 0 aromatic carbocycles. The molecule has 0 unspecified atom stereocenters. The number of anilines is 1. The number of hydrogen-bond acceptors (Lipinski definition) is 4. The number of rotatable bonds is 2. The Morgan fingerprint density at radius 1 is 1.36 bits per heavy atom. The summed E-state index contributed by atoms with van der Waals surface area (Å²) in [6.45, 7) is 1.01. The number of imidazole rings is 1. The predicted molar refractivity (Wildman–Crippen MR) is 52.5 cm³/mol. The van der Waals surface area contributed by atoms with Gasteiger partial charge in [-0.05, 0) is 18.8 Å². The first-order valence-electron chi connectivity index (χ1n) is 4.76. The minimum Gasteiger partial charge on any atom is -0.382 e. The average molecular weight is 189 g/mol. The smallest absolute Gasteiger partial charge is 0.165 e. The second kappa shape index (κ2) is 2.67. The van der Waals surface area contributed by atoms with Crippen molar-refractivity contribution in [1.82, 2.24) is 19.5 Å². The lowest BCUT2D eigenvalue weighted by Gasteiger charge is -2.00. The number of nitrogens with zero attached hydrogens (tertiary/aromatic N) is 4. The van der Waals surface area contributed by atoms with E-state index in [1.807, 2.05) is 0 Å². The number of fused-ring (bicyclic) bond motifs is 1. The van der Waals surface area contributed by atoms with Crippen LogP contribution in [-0.2, 0) is 6.54 Å². The van der Waals surface area contributed by atoms with Crippen LogP contribution in [0.15, 0.2) is 12.7 Å². The van der Waals surface area contributed by atoms with Crippen LogP contribution in [0.5, 0.6) is 0 Å². The van der Waals surface area contributed by atoms with Crippen LogP contribution >= 0.6 is 0 Å². The number of hydrogen-bond donors (Lipinski definition) is 1. The second-order valence-electron chi connectivity index (χ2n) is 3.77. The molecule has 0 aliphatic heterocycles. The Hall–Kier alpha value is -1.65. The Balaban J connectivity index is 2.10. The third-order valence-corrected chi connectivity index (χ3v) is 2.58. The van der Waals surface area contributed by atoms with E-state index in [1.54, 1.807) is 6.33 Å². The highest BCUT2D eigenvalue weighted by Gasteiger charge is 2.22. The Kier molecular flexibility index (Phi) is 1.47. The minimum atomic E-state index is 0.463. The van der Waals surface area contributed by atoms with Crippen molar-refractivity contribution in [3.63, 3.8) is 0 Å². The fourth-order valence-corrected chi connectivity index (χ4v) is 1.61. The van der Waals surface area contributed by atoms with Gasteiger partial charge in [-0.1, -0.05) is 0 Å². The SMILES string of the molecule is Nc1ncnc2c1ncn2CC1CC1. The fourth-order valence-electron chi connectivity index (χ4n) is 1.61. The zero-order chi connectivity index (χ0) is 9.54. The molecule has 1 aliphatic rings.